The summed E-state index contributed by atoms with van der Waals surface area (Å²) in [7, 11) is 0. The minimum absolute atomic E-state index is 0. The molecule has 7 heteroatoms. The topological polar surface area (TPSA) is 81.1 Å². The zero-order valence-electron chi connectivity index (χ0n) is 12.0. The van der Waals surface area contributed by atoms with Gasteiger partial charge in [-0.1, -0.05) is 36.0 Å². The molecule has 0 fully saturated rings. The van der Waals surface area contributed by atoms with Gasteiger partial charge in [0.05, 0.1) is 11.5 Å². The van der Waals surface area contributed by atoms with Gasteiger partial charge in [0.15, 0.2) is 0 Å². The van der Waals surface area contributed by atoms with Gasteiger partial charge in [0.1, 0.15) is 0 Å². The second-order valence-corrected chi connectivity index (χ2v) is 4.73. The molecule has 0 saturated carbocycles. The summed E-state index contributed by atoms with van der Waals surface area (Å²) in [6, 6.07) is 7.18. The number of aliphatic hydroxyl groups excluding tert-OH is 1. The van der Waals surface area contributed by atoms with Crippen LogP contribution in [0.3, 0.4) is 0 Å². The Labute approximate surface area is 139 Å². The second-order valence-electron chi connectivity index (χ2n) is 3.96. The predicted octanol–water partition coefficient (Wildman–Crippen LogP) is 4.34. The van der Waals surface area contributed by atoms with Crippen molar-refractivity contribution in [3.8, 4) is 0 Å². The average Bonchev–Trinajstić information content (AvgIpc) is 2.40. The molecule has 0 saturated heterocycles. The van der Waals surface area contributed by atoms with Gasteiger partial charge in [0.2, 0.25) is 5.17 Å². The quantitative estimate of drug-likeness (QED) is 0.288. The molecule has 116 valence electrons. The monoisotopic (exact) mass is 352 g/mol. The van der Waals surface area contributed by atoms with Crippen LogP contribution in [0.5, 0.6) is 0 Å². The Balaban J connectivity index is 0.00000400. The minimum atomic E-state index is 0. The molecule has 21 heavy (non-hydrogen) atoms. The van der Waals surface area contributed by atoms with E-state index in [9.17, 15) is 0 Å². The fraction of sp³-hybridized carbons (Fsp3) is 0.214. The number of aliphatic imine (C=N–C) groups is 1. The van der Waals surface area contributed by atoms with Crippen LogP contribution in [0.1, 0.15) is 19.4 Å². The molecule has 0 atom stereocenters. The standard InChI is InChI=1S/C14H17N4OS.Cu/c1-10(8-11(2)19)17-18-14(20-3)16-9-12-6-4-5-7-13(12)15;/h4-9H,1-3H3,(H2-,15,16,17,18,19);/q-1;+1. The van der Waals surface area contributed by atoms with Crippen molar-refractivity contribution in [1.82, 2.24) is 0 Å². The van der Waals surface area contributed by atoms with E-state index in [1.54, 1.807) is 32.2 Å². The summed E-state index contributed by atoms with van der Waals surface area (Å²) in [5, 5.41) is 17.5. The zero-order chi connectivity index (χ0) is 15.0. The van der Waals surface area contributed by atoms with Gasteiger partial charge in [0.25, 0.3) is 0 Å². The van der Waals surface area contributed by atoms with Crippen molar-refractivity contribution in [2.45, 2.75) is 13.8 Å². The van der Waals surface area contributed by atoms with E-state index >= 15 is 0 Å². The molecule has 0 aliphatic heterocycles. The molecule has 0 bridgehead atoms. The molecular formula is C14H17CuN4OS. The fourth-order valence-corrected chi connectivity index (χ4v) is 1.59. The summed E-state index contributed by atoms with van der Waals surface area (Å²) >= 11 is 1.36. The summed E-state index contributed by atoms with van der Waals surface area (Å²) in [5.74, 6) is 0.179. The summed E-state index contributed by atoms with van der Waals surface area (Å²) in [5.41, 5.74) is 9.44. The first-order valence-corrected chi connectivity index (χ1v) is 7.13. The van der Waals surface area contributed by atoms with Crippen molar-refractivity contribution >= 4 is 34.5 Å². The third-order valence-electron chi connectivity index (χ3n) is 2.17. The molecule has 1 rings (SSSR count). The molecule has 0 radical (unpaired) electrons. The van der Waals surface area contributed by atoms with Crippen LogP contribution in [0.15, 0.2) is 51.3 Å². The van der Waals surface area contributed by atoms with E-state index in [4.69, 9.17) is 10.8 Å². The number of hydrogen-bond donors (Lipinski definition) is 1. The summed E-state index contributed by atoms with van der Waals surface area (Å²) in [6.45, 7) is 3.31. The third-order valence-corrected chi connectivity index (χ3v) is 2.72. The molecule has 0 aliphatic carbocycles. The Morgan fingerprint density at radius 1 is 1.24 bits per heavy atom. The van der Waals surface area contributed by atoms with E-state index in [0.29, 0.717) is 16.6 Å². The van der Waals surface area contributed by atoms with E-state index in [1.807, 2.05) is 18.4 Å². The van der Waals surface area contributed by atoms with Crippen molar-refractivity contribution in [2.24, 2.45) is 15.2 Å². The third kappa shape index (κ3) is 7.70. The number of aliphatic hydroxyl groups is 1. The zero-order valence-corrected chi connectivity index (χ0v) is 13.7. The van der Waals surface area contributed by atoms with Crippen LogP contribution in [0.25, 0.3) is 5.73 Å². The van der Waals surface area contributed by atoms with Crippen LogP contribution in [0.4, 0.5) is 5.69 Å². The summed E-state index contributed by atoms with van der Waals surface area (Å²) < 4.78 is 0. The molecule has 0 spiro atoms. The first-order valence-electron chi connectivity index (χ1n) is 5.91. The van der Waals surface area contributed by atoms with Crippen molar-refractivity contribution in [3.05, 3.63) is 47.4 Å². The van der Waals surface area contributed by atoms with Crippen LogP contribution >= 0.6 is 11.8 Å². The number of rotatable bonds is 3. The van der Waals surface area contributed by atoms with Gasteiger partial charge in [-0.2, -0.15) is 5.10 Å². The Kier molecular flexibility index (Phi) is 9.45. The van der Waals surface area contributed by atoms with Crippen molar-refractivity contribution in [1.29, 1.82) is 0 Å². The summed E-state index contributed by atoms with van der Waals surface area (Å²) in [6.07, 6.45) is 4.96. The Hall–Kier alpha value is -1.56. The number of amidine groups is 1. The maximum Gasteiger partial charge on any atom is 1.00 e. The smallest absolute Gasteiger partial charge is 0.698 e. The second kappa shape index (κ2) is 10.2. The fourth-order valence-electron chi connectivity index (χ4n) is 1.31. The van der Waals surface area contributed by atoms with Gasteiger partial charge in [-0.05, 0) is 31.7 Å². The van der Waals surface area contributed by atoms with Crippen LogP contribution in [-0.2, 0) is 17.1 Å². The molecule has 2 N–H and O–H groups in total. The van der Waals surface area contributed by atoms with E-state index in [-0.39, 0.29) is 22.8 Å². The molecule has 0 heterocycles. The first-order chi connectivity index (χ1) is 9.52. The molecule has 5 nitrogen and oxygen atoms in total. The van der Waals surface area contributed by atoms with Gasteiger partial charge in [-0.3, -0.25) is 0 Å². The van der Waals surface area contributed by atoms with Gasteiger partial charge in [-0.15, -0.1) is 10.8 Å². The number of benzene rings is 1. The molecule has 0 unspecified atom stereocenters. The van der Waals surface area contributed by atoms with Crippen molar-refractivity contribution in [3.63, 3.8) is 0 Å². The molecule has 0 aliphatic rings. The normalized spacial score (nSPS) is 13.4. The molecule has 0 aromatic heterocycles. The molecule has 1 aromatic rings. The van der Waals surface area contributed by atoms with Crippen LogP contribution in [0, 0.1) is 0 Å². The van der Waals surface area contributed by atoms with E-state index in [1.165, 1.54) is 17.8 Å². The van der Waals surface area contributed by atoms with Crippen LogP contribution in [-0.4, -0.2) is 28.5 Å². The van der Waals surface area contributed by atoms with Crippen molar-refractivity contribution < 1.29 is 22.2 Å². The Bertz CT molecular complexity index is 578. The number of nitrogens with one attached hydrogen (secondary N) is 1. The number of hydrogen-bond acceptors (Lipinski definition) is 4. The largest absolute Gasteiger partial charge is 1.00 e. The minimum Gasteiger partial charge on any atom is -0.698 e. The Morgan fingerprint density at radius 3 is 2.48 bits per heavy atom. The maximum atomic E-state index is 9.10. The molecular weight excluding hydrogens is 336 g/mol. The Morgan fingerprint density at radius 2 is 1.90 bits per heavy atom. The predicted molar refractivity (Wildman–Crippen MR) is 88.5 cm³/mol. The van der Waals surface area contributed by atoms with Gasteiger partial charge < -0.3 is 10.8 Å². The number of thioether (sulfide) groups is 1. The van der Waals surface area contributed by atoms with Gasteiger partial charge in [0, 0.05) is 6.21 Å². The van der Waals surface area contributed by atoms with Crippen LogP contribution < -0.4 is 0 Å². The first kappa shape index (κ1) is 19.4. The van der Waals surface area contributed by atoms with E-state index in [0.717, 1.165) is 5.56 Å². The van der Waals surface area contributed by atoms with E-state index < -0.39 is 0 Å². The number of nitrogens with zero attached hydrogens (tertiary/aromatic N) is 3. The van der Waals surface area contributed by atoms with Gasteiger partial charge >= 0.3 is 17.1 Å². The maximum absolute atomic E-state index is 9.10. The van der Waals surface area contributed by atoms with Crippen LogP contribution in [0.2, 0.25) is 0 Å². The SMILES string of the molecule is CSC(N=Cc1ccccc1[NH-])=NN=C(C)C=C(C)O.[Cu+]. The molecule has 1 aromatic carbocycles. The molecule has 0 amide bonds. The van der Waals surface area contributed by atoms with E-state index in [2.05, 4.69) is 15.2 Å². The van der Waals surface area contributed by atoms with Crippen molar-refractivity contribution in [2.75, 3.05) is 6.26 Å². The summed E-state index contributed by atoms with van der Waals surface area (Å²) in [4.78, 5) is 4.20. The van der Waals surface area contributed by atoms with Gasteiger partial charge in [-0.25, -0.2) is 4.99 Å². The average molecular weight is 353 g/mol. The number of allylic oxidation sites excluding steroid dienone is 2.